The Balaban J connectivity index is 2.58. The Kier molecular flexibility index (Phi) is 4.51. The lowest BCUT2D eigenvalue weighted by molar-refractivity contribution is -0.138. The van der Waals surface area contributed by atoms with Gasteiger partial charge in [0, 0.05) is 19.5 Å². The summed E-state index contributed by atoms with van der Waals surface area (Å²) in [4.78, 5) is 25.3. The Bertz CT molecular complexity index is 300. The molecule has 5 nitrogen and oxygen atoms in total. The molecule has 0 aromatic heterocycles. The molecule has 1 fully saturated rings. The van der Waals surface area contributed by atoms with Gasteiger partial charge in [0.15, 0.2) is 0 Å². The molecule has 0 radical (unpaired) electrons. The molecule has 1 N–H and O–H groups in total. The average molecular weight is 242 g/mol. The van der Waals surface area contributed by atoms with Gasteiger partial charge in [0.25, 0.3) is 0 Å². The molecule has 0 aliphatic carbocycles. The van der Waals surface area contributed by atoms with Crippen LogP contribution in [0.5, 0.6) is 0 Å². The van der Waals surface area contributed by atoms with Crippen LogP contribution in [0.1, 0.15) is 34.1 Å². The fourth-order valence-corrected chi connectivity index (χ4v) is 1.81. The highest BCUT2D eigenvalue weighted by Gasteiger charge is 2.36. The highest BCUT2D eigenvalue weighted by Crippen LogP contribution is 2.13. The van der Waals surface area contributed by atoms with Crippen molar-refractivity contribution in [3.63, 3.8) is 0 Å². The van der Waals surface area contributed by atoms with Gasteiger partial charge in [-0.2, -0.15) is 0 Å². The molecule has 0 unspecified atom stereocenters. The third-order valence-corrected chi connectivity index (χ3v) is 2.69. The van der Waals surface area contributed by atoms with E-state index in [1.54, 1.807) is 18.7 Å². The summed E-state index contributed by atoms with van der Waals surface area (Å²) in [5.41, 5.74) is -0.814. The van der Waals surface area contributed by atoms with Crippen LogP contribution in [0.3, 0.4) is 0 Å². The molecule has 2 amide bonds. The predicted molar refractivity (Wildman–Crippen MR) is 64.5 cm³/mol. The van der Waals surface area contributed by atoms with Gasteiger partial charge in [-0.1, -0.05) is 0 Å². The Morgan fingerprint density at radius 3 is 2.65 bits per heavy atom. The van der Waals surface area contributed by atoms with Crippen LogP contribution in [0, 0.1) is 0 Å². The molecule has 1 rings (SSSR count). The monoisotopic (exact) mass is 242 g/mol. The molecule has 0 aromatic rings. The van der Waals surface area contributed by atoms with E-state index in [9.17, 15) is 9.59 Å². The van der Waals surface area contributed by atoms with Crippen LogP contribution >= 0.6 is 0 Å². The second kappa shape index (κ2) is 5.49. The first kappa shape index (κ1) is 14.0. The maximum absolute atomic E-state index is 12.1. The van der Waals surface area contributed by atoms with Crippen molar-refractivity contribution in [1.82, 2.24) is 10.2 Å². The number of nitrogens with zero attached hydrogens (tertiary/aromatic N) is 1. The van der Waals surface area contributed by atoms with E-state index in [0.717, 1.165) is 0 Å². The van der Waals surface area contributed by atoms with Crippen LogP contribution in [0.25, 0.3) is 0 Å². The van der Waals surface area contributed by atoms with Crippen LogP contribution in [0.2, 0.25) is 0 Å². The van der Waals surface area contributed by atoms with Crippen LogP contribution < -0.4 is 5.32 Å². The molecule has 0 aromatic carbocycles. The number of carbonyl (C=O) groups is 2. The predicted octanol–water partition coefficient (Wildman–Crippen LogP) is 0.538. The number of hydrogen-bond acceptors (Lipinski definition) is 3. The highest BCUT2D eigenvalue weighted by molar-refractivity contribution is 5.92. The number of nitrogens with one attached hydrogen (secondary N) is 1. The van der Waals surface area contributed by atoms with Gasteiger partial charge in [-0.05, 0) is 27.7 Å². The SMILES string of the molecule is CC(C)OCCN1CCC(=O)NC(C)(C)C1=O. The van der Waals surface area contributed by atoms with Gasteiger partial charge in [0.1, 0.15) is 5.54 Å². The Labute approximate surface area is 102 Å². The molecule has 17 heavy (non-hydrogen) atoms. The lowest BCUT2D eigenvalue weighted by Gasteiger charge is -2.28. The van der Waals surface area contributed by atoms with Crippen molar-refractivity contribution in [3.8, 4) is 0 Å². The fraction of sp³-hybridized carbons (Fsp3) is 0.833. The van der Waals surface area contributed by atoms with E-state index < -0.39 is 5.54 Å². The first-order valence-corrected chi connectivity index (χ1v) is 6.05. The second-order valence-electron chi connectivity index (χ2n) is 5.13. The number of ether oxygens (including phenoxy) is 1. The standard InChI is InChI=1S/C12H22N2O3/c1-9(2)17-8-7-14-6-5-10(15)13-12(3,4)11(14)16/h9H,5-8H2,1-4H3,(H,13,15). The summed E-state index contributed by atoms with van der Waals surface area (Å²) in [7, 11) is 0. The largest absolute Gasteiger partial charge is 0.377 e. The molecular formula is C12H22N2O3. The van der Waals surface area contributed by atoms with Crippen molar-refractivity contribution in [2.75, 3.05) is 19.7 Å². The average Bonchev–Trinajstić information content (AvgIpc) is 2.28. The van der Waals surface area contributed by atoms with Gasteiger partial charge in [-0.25, -0.2) is 0 Å². The van der Waals surface area contributed by atoms with E-state index in [-0.39, 0.29) is 17.9 Å². The number of carbonyl (C=O) groups excluding carboxylic acids is 2. The maximum atomic E-state index is 12.1. The summed E-state index contributed by atoms with van der Waals surface area (Å²) < 4.78 is 5.43. The van der Waals surface area contributed by atoms with Crippen LogP contribution in [0.15, 0.2) is 0 Å². The van der Waals surface area contributed by atoms with E-state index >= 15 is 0 Å². The summed E-state index contributed by atoms with van der Waals surface area (Å²) in [6.07, 6.45) is 0.515. The molecule has 0 atom stereocenters. The molecule has 1 aliphatic rings. The molecule has 98 valence electrons. The van der Waals surface area contributed by atoms with E-state index in [4.69, 9.17) is 4.74 Å². The van der Waals surface area contributed by atoms with Crippen LogP contribution in [0.4, 0.5) is 0 Å². The van der Waals surface area contributed by atoms with Gasteiger partial charge in [0.2, 0.25) is 11.8 Å². The molecule has 0 saturated carbocycles. The van der Waals surface area contributed by atoms with Gasteiger partial charge in [-0.3, -0.25) is 9.59 Å². The smallest absolute Gasteiger partial charge is 0.247 e. The summed E-state index contributed by atoms with van der Waals surface area (Å²) in [5, 5.41) is 2.73. The molecular weight excluding hydrogens is 220 g/mol. The van der Waals surface area contributed by atoms with Crippen molar-refractivity contribution in [3.05, 3.63) is 0 Å². The third kappa shape index (κ3) is 4.00. The van der Waals surface area contributed by atoms with Gasteiger partial charge >= 0.3 is 0 Å². The number of hydrogen-bond donors (Lipinski definition) is 1. The first-order valence-electron chi connectivity index (χ1n) is 6.05. The quantitative estimate of drug-likeness (QED) is 0.782. The lowest BCUT2D eigenvalue weighted by Crippen LogP contribution is -2.53. The molecule has 0 bridgehead atoms. The summed E-state index contributed by atoms with van der Waals surface area (Å²) >= 11 is 0. The zero-order valence-electron chi connectivity index (χ0n) is 11.1. The number of amides is 2. The van der Waals surface area contributed by atoms with Crippen molar-refractivity contribution < 1.29 is 14.3 Å². The van der Waals surface area contributed by atoms with E-state index in [1.807, 2.05) is 13.8 Å². The van der Waals surface area contributed by atoms with Crippen molar-refractivity contribution in [2.45, 2.75) is 45.8 Å². The van der Waals surface area contributed by atoms with E-state index in [0.29, 0.717) is 26.1 Å². The summed E-state index contributed by atoms with van der Waals surface area (Å²) in [6.45, 7) is 8.89. The third-order valence-electron chi connectivity index (χ3n) is 2.69. The topological polar surface area (TPSA) is 58.6 Å². The Hall–Kier alpha value is -1.10. The van der Waals surface area contributed by atoms with Gasteiger partial charge < -0.3 is 15.0 Å². The molecule has 1 heterocycles. The minimum Gasteiger partial charge on any atom is -0.377 e. The normalized spacial score (nSPS) is 20.4. The number of rotatable bonds is 4. The minimum atomic E-state index is -0.814. The van der Waals surface area contributed by atoms with Crippen molar-refractivity contribution >= 4 is 11.8 Å². The zero-order valence-corrected chi connectivity index (χ0v) is 11.1. The van der Waals surface area contributed by atoms with Crippen molar-refractivity contribution in [2.24, 2.45) is 0 Å². The van der Waals surface area contributed by atoms with Gasteiger partial charge in [0.05, 0.1) is 12.7 Å². The zero-order chi connectivity index (χ0) is 13.1. The Morgan fingerprint density at radius 1 is 1.41 bits per heavy atom. The summed E-state index contributed by atoms with van der Waals surface area (Å²) in [5.74, 6) is -0.119. The highest BCUT2D eigenvalue weighted by atomic mass is 16.5. The molecule has 5 heteroatoms. The maximum Gasteiger partial charge on any atom is 0.247 e. The molecule has 0 spiro atoms. The molecule has 1 aliphatic heterocycles. The van der Waals surface area contributed by atoms with E-state index in [1.165, 1.54) is 0 Å². The lowest BCUT2D eigenvalue weighted by atomic mass is 10.0. The first-order chi connectivity index (χ1) is 7.83. The van der Waals surface area contributed by atoms with Gasteiger partial charge in [-0.15, -0.1) is 0 Å². The fourth-order valence-electron chi connectivity index (χ4n) is 1.81. The second-order valence-corrected chi connectivity index (χ2v) is 5.13. The summed E-state index contributed by atoms with van der Waals surface area (Å²) in [6, 6.07) is 0. The molecule has 1 saturated heterocycles. The van der Waals surface area contributed by atoms with Crippen LogP contribution in [-0.4, -0.2) is 48.1 Å². The van der Waals surface area contributed by atoms with Crippen LogP contribution in [-0.2, 0) is 14.3 Å². The minimum absolute atomic E-state index is 0.0456. The Morgan fingerprint density at radius 2 is 2.06 bits per heavy atom. The van der Waals surface area contributed by atoms with E-state index in [2.05, 4.69) is 5.32 Å². The van der Waals surface area contributed by atoms with Crippen molar-refractivity contribution in [1.29, 1.82) is 0 Å².